The summed E-state index contributed by atoms with van der Waals surface area (Å²) in [6.45, 7) is 0. The summed E-state index contributed by atoms with van der Waals surface area (Å²) in [4.78, 5) is 32.2. The highest BCUT2D eigenvalue weighted by molar-refractivity contribution is 6.17. The Morgan fingerprint density at radius 2 is 1.75 bits per heavy atom. The van der Waals surface area contributed by atoms with Crippen molar-refractivity contribution in [1.82, 2.24) is 14.8 Å². The van der Waals surface area contributed by atoms with Gasteiger partial charge in [-0.05, 0) is 85.1 Å². The number of aromatic nitrogens is 3. The summed E-state index contributed by atoms with van der Waals surface area (Å²) >= 11 is 0. The van der Waals surface area contributed by atoms with Gasteiger partial charge in [-0.3, -0.25) is 19.3 Å². The number of ether oxygens (including phenoxy) is 1. The first-order chi connectivity index (χ1) is 19.3. The number of hydrogen-bond acceptors (Lipinski definition) is 5. The second-order valence-corrected chi connectivity index (χ2v) is 9.95. The lowest BCUT2D eigenvalue weighted by molar-refractivity contribution is -0.132. The van der Waals surface area contributed by atoms with Crippen LogP contribution in [0.15, 0.2) is 91.4 Å². The molecule has 0 radical (unpaired) electrons. The van der Waals surface area contributed by atoms with Crippen LogP contribution in [0.5, 0.6) is 11.5 Å². The molecule has 0 atom stereocenters. The van der Waals surface area contributed by atoms with E-state index in [0.717, 1.165) is 22.0 Å². The molecule has 9 heteroatoms. The molecule has 5 aromatic rings. The summed E-state index contributed by atoms with van der Waals surface area (Å²) in [7, 11) is 3.47. The lowest BCUT2D eigenvalue weighted by atomic mass is 10.0. The molecule has 40 heavy (non-hydrogen) atoms. The number of amides is 2. The highest BCUT2D eigenvalue weighted by atomic mass is 19.1. The summed E-state index contributed by atoms with van der Waals surface area (Å²) < 4.78 is 21.2. The fourth-order valence-corrected chi connectivity index (χ4v) is 4.71. The molecule has 1 aliphatic carbocycles. The number of nitrogens with one attached hydrogen (secondary N) is 1. The Kier molecular flexibility index (Phi) is 6.26. The minimum atomic E-state index is -1.12. The number of nitrogens with zero attached hydrogens (tertiary/aromatic N) is 4. The lowest BCUT2D eigenvalue weighted by Gasteiger charge is -2.23. The molecule has 200 valence electrons. The van der Waals surface area contributed by atoms with E-state index in [2.05, 4.69) is 15.4 Å². The zero-order valence-electron chi connectivity index (χ0n) is 22.0. The first kappa shape index (κ1) is 25.2. The van der Waals surface area contributed by atoms with E-state index in [-0.39, 0.29) is 17.6 Å². The van der Waals surface area contributed by atoms with Crippen LogP contribution in [-0.2, 0) is 16.6 Å². The van der Waals surface area contributed by atoms with E-state index in [1.165, 1.54) is 29.2 Å². The third kappa shape index (κ3) is 4.77. The van der Waals surface area contributed by atoms with Gasteiger partial charge in [0.05, 0.1) is 11.7 Å². The molecule has 2 amide bonds. The number of hydrogen-bond donors (Lipinski definition) is 1. The van der Waals surface area contributed by atoms with Crippen LogP contribution in [0.2, 0.25) is 0 Å². The van der Waals surface area contributed by atoms with Gasteiger partial charge in [-0.1, -0.05) is 6.07 Å². The Bertz CT molecular complexity index is 1730. The first-order valence-electron chi connectivity index (χ1n) is 12.8. The van der Waals surface area contributed by atoms with E-state index in [4.69, 9.17) is 4.74 Å². The number of carbonyl (C=O) groups is 2. The molecule has 1 fully saturated rings. The zero-order chi connectivity index (χ0) is 27.9. The quantitative estimate of drug-likeness (QED) is 0.260. The molecule has 0 saturated heterocycles. The Morgan fingerprint density at radius 1 is 1.00 bits per heavy atom. The summed E-state index contributed by atoms with van der Waals surface area (Å²) in [5, 5.41) is 7.97. The van der Waals surface area contributed by atoms with Crippen LogP contribution < -0.4 is 15.0 Å². The topological polar surface area (TPSA) is 89.3 Å². The molecule has 8 nitrogen and oxygen atoms in total. The summed E-state index contributed by atoms with van der Waals surface area (Å²) in [5.74, 6) is 0.196. The van der Waals surface area contributed by atoms with Crippen LogP contribution in [-0.4, -0.2) is 33.6 Å². The maximum absolute atomic E-state index is 13.3. The van der Waals surface area contributed by atoms with Gasteiger partial charge in [0.1, 0.15) is 22.7 Å². The maximum atomic E-state index is 13.3. The largest absolute Gasteiger partial charge is 0.457 e. The second kappa shape index (κ2) is 9.92. The van der Waals surface area contributed by atoms with Crippen LogP contribution >= 0.6 is 0 Å². The fraction of sp³-hybridized carbons (Fsp3) is 0.161. The van der Waals surface area contributed by atoms with E-state index in [9.17, 15) is 14.0 Å². The predicted molar refractivity (Wildman–Crippen MR) is 151 cm³/mol. The number of anilines is 2. The standard InChI is InChI=1S/C31H26FN5O3/c1-36-19-21(18-34-36)20-3-12-26-27(17-20)33-16-13-28(26)40-25-10-6-23(7-11-25)35-29(38)31(14-15-31)30(39)37(2)24-8-4-22(32)5-9-24/h3-13,16-19H,14-15H2,1-2H3,(H,35,38). The van der Waals surface area contributed by atoms with Crippen LogP contribution in [0, 0.1) is 11.2 Å². The van der Waals surface area contributed by atoms with Crippen molar-refractivity contribution in [3.8, 4) is 22.6 Å². The van der Waals surface area contributed by atoms with E-state index < -0.39 is 5.41 Å². The molecule has 1 aliphatic rings. The molecule has 1 N–H and O–H groups in total. The molecular weight excluding hydrogens is 509 g/mol. The third-order valence-electron chi connectivity index (χ3n) is 7.19. The number of benzene rings is 3. The Labute approximate surface area is 230 Å². The number of pyridine rings is 1. The van der Waals surface area contributed by atoms with Gasteiger partial charge < -0.3 is 15.0 Å². The molecule has 2 heterocycles. The van der Waals surface area contributed by atoms with Gasteiger partial charge in [0.15, 0.2) is 0 Å². The predicted octanol–water partition coefficient (Wildman–Crippen LogP) is 5.95. The normalized spacial score (nSPS) is 13.6. The highest BCUT2D eigenvalue weighted by Crippen LogP contribution is 2.48. The Hall–Kier alpha value is -5.05. The van der Waals surface area contributed by atoms with Crippen LogP contribution in [0.1, 0.15) is 12.8 Å². The van der Waals surface area contributed by atoms with Gasteiger partial charge in [0.25, 0.3) is 0 Å². The number of aryl methyl sites for hydroxylation is 1. The zero-order valence-corrected chi connectivity index (χ0v) is 22.0. The molecule has 1 saturated carbocycles. The minimum Gasteiger partial charge on any atom is -0.457 e. The molecule has 0 aliphatic heterocycles. The molecular formula is C31H26FN5O3. The second-order valence-electron chi connectivity index (χ2n) is 9.95. The average Bonchev–Trinajstić information content (AvgIpc) is 3.67. The lowest BCUT2D eigenvalue weighted by Crippen LogP contribution is -2.41. The van der Waals surface area contributed by atoms with Crippen molar-refractivity contribution in [3.63, 3.8) is 0 Å². The molecule has 0 unspecified atom stereocenters. The molecule has 3 aromatic carbocycles. The van der Waals surface area contributed by atoms with Gasteiger partial charge >= 0.3 is 0 Å². The number of halogens is 1. The molecule has 0 spiro atoms. The van der Waals surface area contributed by atoms with Crippen molar-refractivity contribution in [2.45, 2.75) is 12.8 Å². The van der Waals surface area contributed by atoms with Gasteiger partial charge in [-0.2, -0.15) is 5.10 Å². The number of carbonyl (C=O) groups excluding carboxylic acids is 2. The average molecular weight is 536 g/mol. The van der Waals surface area contributed by atoms with E-state index in [1.54, 1.807) is 42.2 Å². The van der Waals surface area contributed by atoms with E-state index in [1.807, 2.05) is 43.7 Å². The van der Waals surface area contributed by atoms with Crippen molar-refractivity contribution in [3.05, 3.63) is 97.2 Å². The minimum absolute atomic E-state index is 0.312. The van der Waals surface area contributed by atoms with Crippen molar-refractivity contribution >= 4 is 34.1 Å². The van der Waals surface area contributed by atoms with Crippen LogP contribution in [0.4, 0.5) is 15.8 Å². The summed E-state index contributed by atoms with van der Waals surface area (Å²) in [6.07, 6.45) is 6.39. The summed E-state index contributed by atoms with van der Waals surface area (Å²) in [6, 6.07) is 20.4. The molecule has 6 rings (SSSR count). The maximum Gasteiger partial charge on any atom is 0.242 e. The summed E-state index contributed by atoms with van der Waals surface area (Å²) in [5.41, 5.74) is 2.79. The van der Waals surface area contributed by atoms with Crippen LogP contribution in [0.25, 0.3) is 22.0 Å². The van der Waals surface area contributed by atoms with E-state index >= 15 is 0 Å². The van der Waals surface area contributed by atoms with Crippen molar-refractivity contribution < 1.29 is 18.7 Å². The third-order valence-corrected chi connectivity index (χ3v) is 7.19. The monoisotopic (exact) mass is 535 g/mol. The Balaban J connectivity index is 1.14. The molecule has 0 bridgehead atoms. The highest BCUT2D eigenvalue weighted by Gasteiger charge is 2.57. The Morgan fingerprint density at radius 3 is 2.42 bits per heavy atom. The molecule has 2 aromatic heterocycles. The van der Waals surface area contributed by atoms with Crippen LogP contribution in [0.3, 0.4) is 0 Å². The van der Waals surface area contributed by atoms with Crippen molar-refractivity contribution in [2.75, 3.05) is 17.3 Å². The smallest absolute Gasteiger partial charge is 0.242 e. The fourth-order valence-electron chi connectivity index (χ4n) is 4.71. The number of rotatable bonds is 7. The van der Waals surface area contributed by atoms with E-state index in [0.29, 0.717) is 35.7 Å². The SMILES string of the molecule is CN(C(=O)C1(C(=O)Nc2ccc(Oc3ccnc4cc(-c5cnn(C)c5)ccc34)cc2)CC1)c1ccc(F)cc1. The van der Waals surface area contributed by atoms with Crippen molar-refractivity contribution in [2.24, 2.45) is 12.5 Å². The first-order valence-corrected chi connectivity index (χ1v) is 12.8. The van der Waals surface area contributed by atoms with Gasteiger partial charge in [0, 0.05) is 48.8 Å². The van der Waals surface area contributed by atoms with Gasteiger partial charge in [-0.15, -0.1) is 0 Å². The number of fused-ring (bicyclic) bond motifs is 1. The van der Waals surface area contributed by atoms with Crippen molar-refractivity contribution in [1.29, 1.82) is 0 Å². The van der Waals surface area contributed by atoms with Gasteiger partial charge in [-0.25, -0.2) is 4.39 Å². The van der Waals surface area contributed by atoms with Gasteiger partial charge in [0.2, 0.25) is 11.8 Å².